The third-order valence-corrected chi connectivity index (χ3v) is 5.86. The van der Waals surface area contributed by atoms with Crippen molar-refractivity contribution in [2.75, 3.05) is 39.9 Å². The Balaban J connectivity index is 1.33. The largest absolute Gasteiger partial charge is 0.478 e. The molecule has 166 valence electrons. The van der Waals surface area contributed by atoms with Crippen LogP contribution in [-0.2, 0) is 17.8 Å². The summed E-state index contributed by atoms with van der Waals surface area (Å²) in [4.78, 5) is 13.8. The van der Waals surface area contributed by atoms with Crippen LogP contribution in [0.4, 0.5) is 0 Å². The molecule has 7 nitrogen and oxygen atoms in total. The average Bonchev–Trinajstić information content (AvgIpc) is 3.25. The van der Waals surface area contributed by atoms with E-state index in [1.807, 2.05) is 25.4 Å². The van der Waals surface area contributed by atoms with Gasteiger partial charge in [-0.05, 0) is 17.5 Å². The highest BCUT2D eigenvalue weighted by atomic mass is 16.5. The Bertz CT molecular complexity index is 843. The van der Waals surface area contributed by atoms with Crippen LogP contribution in [-0.4, -0.2) is 72.8 Å². The number of pyridine rings is 1. The van der Waals surface area contributed by atoms with Gasteiger partial charge in [-0.3, -0.25) is 9.89 Å². The molecular weight excluding hydrogens is 390 g/mol. The molecule has 1 aromatic carbocycles. The smallest absolute Gasteiger partial charge is 0.213 e. The summed E-state index contributed by atoms with van der Waals surface area (Å²) in [5.41, 5.74) is 2.45. The standard InChI is InChI=1S/C24H33N5O2/c1-3-12-31-23-10-9-20(14-26-23)15-27-24(25-2)29-17-21-22(18-29)30-13-11-28(21)16-19-7-5-4-6-8-19/h4-10,14,21-22H,3,11-13,15-18H2,1-2H3,(H,25,27). The molecule has 2 atom stereocenters. The van der Waals surface area contributed by atoms with Crippen molar-refractivity contribution in [2.24, 2.45) is 4.99 Å². The van der Waals surface area contributed by atoms with E-state index >= 15 is 0 Å². The summed E-state index contributed by atoms with van der Waals surface area (Å²) in [6, 6.07) is 15.0. The number of likely N-dealkylation sites (tertiary alicyclic amines) is 1. The van der Waals surface area contributed by atoms with Crippen molar-refractivity contribution in [3.63, 3.8) is 0 Å². The lowest BCUT2D eigenvalue weighted by Gasteiger charge is -2.36. The number of ether oxygens (including phenoxy) is 2. The highest BCUT2D eigenvalue weighted by Crippen LogP contribution is 2.24. The number of aromatic nitrogens is 1. The molecule has 0 amide bonds. The molecule has 2 aliphatic rings. The summed E-state index contributed by atoms with van der Waals surface area (Å²) in [6.45, 7) is 7.94. The van der Waals surface area contributed by atoms with Crippen LogP contribution < -0.4 is 10.1 Å². The van der Waals surface area contributed by atoms with Gasteiger partial charge in [-0.15, -0.1) is 0 Å². The van der Waals surface area contributed by atoms with E-state index in [0.717, 1.165) is 50.7 Å². The fraction of sp³-hybridized carbons (Fsp3) is 0.500. The summed E-state index contributed by atoms with van der Waals surface area (Å²) in [7, 11) is 1.84. The summed E-state index contributed by atoms with van der Waals surface area (Å²) < 4.78 is 11.7. The molecule has 2 aromatic rings. The molecule has 2 aliphatic heterocycles. The number of guanidine groups is 1. The molecule has 0 saturated carbocycles. The monoisotopic (exact) mass is 423 g/mol. The van der Waals surface area contributed by atoms with Gasteiger partial charge in [0, 0.05) is 52.0 Å². The van der Waals surface area contributed by atoms with Crippen molar-refractivity contribution < 1.29 is 9.47 Å². The van der Waals surface area contributed by atoms with Crippen LogP contribution in [0.5, 0.6) is 5.88 Å². The van der Waals surface area contributed by atoms with Crippen molar-refractivity contribution in [2.45, 2.75) is 38.6 Å². The number of aliphatic imine (C=N–C) groups is 1. The molecule has 2 saturated heterocycles. The van der Waals surface area contributed by atoms with Gasteiger partial charge in [-0.25, -0.2) is 4.98 Å². The zero-order valence-corrected chi connectivity index (χ0v) is 18.5. The molecule has 31 heavy (non-hydrogen) atoms. The highest BCUT2D eigenvalue weighted by molar-refractivity contribution is 5.80. The summed E-state index contributed by atoms with van der Waals surface area (Å²) in [5.74, 6) is 1.58. The first-order valence-electron chi connectivity index (χ1n) is 11.2. The third kappa shape index (κ3) is 5.54. The van der Waals surface area contributed by atoms with Crippen molar-refractivity contribution >= 4 is 5.96 Å². The Hall–Kier alpha value is -2.64. The second-order valence-electron chi connectivity index (χ2n) is 8.09. The Morgan fingerprint density at radius 3 is 2.81 bits per heavy atom. The Morgan fingerprint density at radius 2 is 2.06 bits per heavy atom. The van der Waals surface area contributed by atoms with Gasteiger partial charge in [0.15, 0.2) is 5.96 Å². The first kappa shape index (κ1) is 21.6. The number of rotatable bonds is 7. The van der Waals surface area contributed by atoms with Crippen molar-refractivity contribution in [3.8, 4) is 5.88 Å². The molecule has 0 aliphatic carbocycles. The zero-order chi connectivity index (χ0) is 21.5. The topological polar surface area (TPSA) is 62.2 Å². The first-order valence-corrected chi connectivity index (χ1v) is 11.2. The van der Waals surface area contributed by atoms with E-state index in [4.69, 9.17) is 9.47 Å². The maximum Gasteiger partial charge on any atom is 0.213 e. The Morgan fingerprint density at radius 1 is 1.19 bits per heavy atom. The van der Waals surface area contributed by atoms with E-state index in [9.17, 15) is 0 Å². The summed E-state index contributed by atoms with van der Waals surface area (Å²) in [6.07, 6.45) is 3.05. The molecular formula is C24H33N5O2. The van der Waals surface area contributed by atoms with E-state index < -0.39 is 0 Å². The van der Waals surface area contributed by atoms with Crippen LogP contribution in [0, 0.1) is 0 Å². The van der Waals surface area contributed by atoms with E-state index in [-0.39, 0.29) is 6.10 Å². The number of nitrogens with zero attached hydrogens (tertiary/aromatic N) is 4. The molecule has 2 unspecified atom stereocenters. The predicted molar refractivity (Wildman–Crippen MR) is 122 cm³/mol. The van der Waals surface area contributed by atoms with Gasteiger partial charge >= 0.3 is 0 Å². The second-order valence-corrected chi connectivity index (χ2v) is 8.09. The predicted octanol–water partition coefficient (Wildman–Crippen LogP) is 2.53. The molecule has 0 radical (unpaired) electrons. The molecule has 3 heterocycles. The van der Waals surface area contributed by atoms with Gasteiger partial charge in [0.25, 0.3) is 0 Å². The van der Waals surface area contributed by atoms with Crippen LogP contribution in [0.2, 0.25) is 0 Å². The quantitative estimate of drug-likeness (QED) is 0.546. The Labute approximate surface area is 185 Å². The summed E-state index contributed by atoms with van der Waals surface area (Å²) >= 11 is 0. The minimum atomic E-state index is 0.215. The van der Waals surface area contributed by atoms with Gasteiger partial charge in [-0.2, -0.15) is 0 Å². The SMILES string of the molecule is CCCOc1ccc(CNC(=NC)N2CC3OCCN(Cc4ccccc4)C3C2)cn1. The van der Waals surface area contributed by atoms with Crippen LogP contribution in [0.1, 0.15) is 24.5 Å². The van der Waals surface area contributed by atoms with Gasteiger partial charge in [0.2, 0.25) is 5.88 Å². The van der Waals surface area contributed by atoms with E-state index in [0.29, 0.717) is 25.1 Å². The number of nitrogens with one attached hydrogen (secondary N) is 1. The normalized spacial score (nSPS) is 21.7. The first-order chi connectivity index (χ1) is 15.3. The van der Waals surface area contributed by atoms with Crippen LogP contribution in [0.15, 0.2) is 53.7 Å². The van der Waals surface area contributed by atoms with Gasteiger partial charge in [-0.1, -0.05) is 43.3 Å². The van der Waals surface area contributed by atoms with Crippen molar-refractivity contribution in [1.29, 1.82) is 0 Å². The van der Waals surface area contributed by atoms with Crippen molar-refractivity contribution in [3.05, 3.63) is 59.8 Å². The van der Waals surface area contributed by atoms with Crippen LogP contribution in [0.3, 0.4) is 0 Å². The zero-order valence-electron chi connectivity index (χ0n) is 18.5. The minimum absolute atomic E-state index is 0.215. The van der Waals surface area contributed by atoms with Gasteiger partial charge in [0.1, 0.15) is 0 Å². The Kier molecular flexibility index (Phi) is 7.38. The molecule has 0 bridgehead atoms. The van der Waals surface area contributed by atoms with E-state index in [1.165, 1.54) is 5.56 Å². The maximum atomic E-state index is 6.11. The van der Waals surface area contributed by atoms with Crippen LogP contribution in [0.25, 0.3) is 0 Å². The second kappa shape index (κ2) is 10.6. The number of hydrogen-bond donors (Lipinski definition) is 1. The number of fused-ring (bicyclic) bond motifs is 1. The number of benzene rings is 1. The molecule has 0 spiro atoms. The lowest BCUT2D eigenvalue weighted by atomic mass is 10.1. The fourth-order valence-electron chi connectivity index (χ4n) is 4.27. The third-order valence-electron chi connectivity index (χ3n) is 5.86. The average molecular weight is 424 g/mol. The number of hydrogen-bond acceptors (Lipinski definition) is 5. The number of morpholine rings is 1. The van der Waals surface area contributed by atoms with Gasteiger partial charge < -0.3 is 19.7 Å². The van der Waals surface area contributed by atoms with Gasteiger partial charge in [0.05, 0.1) is 25.4 Å². The lowest BCUT2D eigenvalue weighted by molar-refractivity contribution is -0.0502. The minimum Gasteiger partial charge on any atom is -0.478 e. The van der Waals surface area contributed by atoms with E-state index in [2.05, 4.69) is 62.3 Å². The molecule has 2 fully saturated rings. The molecule has 4 rings (SSSR count). The molecule has 1 aromatic heterocycles. The lowest BCUT2D eigenvalue weighted by Crippen LogP contribution is -2.50. The van der Waals surface area contributed by atoms with Crippen molar-refractivity contribution in [1.82, 2.24) is 20.1 Å². The highest BCUT2D eigenvalue weighted by Gasteiger charge is 2.41. The van der Waals surface area contributed by atoms with E-state index in [1.54, 1.807) is 0 Å². The fourth-order valence-corrected chi connectivity index (χ4v) is 4.27. The van der Waals surface area contributed by atoms with Crippen LogP contribution >= 0.6 is 0 Å². The molecule has 1 N–H and O–H groups in total. The summed E-state index contributed by atoms with van der Waals surface area (Å²) in [5, 5.41) is 3.49. The maximum absolute atomic E-state index is 6.11. The molecule has 7 heteroatoms.